The van der Waals surface area contributed by atoms with Crippen molar-refractivity contribution < 1.29 is 14.3 Å². The summed E-state index contributed by atoms with van der Waals surface area (Å²) in [6, 6.07) is 5.68. The fourth-order valence-electron chi connectivity index (χ4n) is 1.44. The molecule has 0 saturated carbocycles. The number of halogens is 1. The summed E-state index contributed by atoms with van der Waals surface area (Å²) in [5, 5.41) is 0. The highest BCUT2D eigenvalue weighted by Crippen LogP contribution is 2.24. The zero-order valence-electron chi connectivity index (χ0n) is 10.9. The van der Waals surface area contributed by atoms with Crippen LogP contribution in [0, 0.1) is 0 Å². The number of ether oxygens (including phenoxy) is 2. The van der Waals surface area contributed by atoms with Gasteiger partial charge in [0.15, 0.2) is 0 Å². The molecule has 1 rings (SSSR count). The lowest BCUT2D eigenvalue weighted by Gasteiger charge is -2.11. The second-order valence-electron chi connectivity index (χ2n) is 4.00. The fraction of sp³-hybridized carbons (Fsp3) is 0.500. The molecule has 0 aliphatic carbocycles. The van der Waals surface area contributed by atoms with Crippen LogP contribution in [-0.4, -0.2) is 19.2 Å². The average Bonchev–Trinajstić information content (AvgIpc) is 2.36. The number of hydrogen-bond acceptors (Lipinski definition) is 3. The lowest BCUT2D eigenvalue weighted by molar-refractivity contribution is -0.142. The quantitative estimate of drug-likeness (QED) is 0.719. The topological polar surface area (TPSA) is 35.5 Å². The van der Waals surface area contributed by atoms with Gasteiger partial charge in [-0.05, 0) is 25.0 Å². The largest absolute Gasteiger partial charge is 0.493 e. The van der Waals surface area contributed by atoms with Crippen molar-refractivity contribution in [2.45, 2.75) is 33.1 Å². The molecule has 0 amide bonds. The molecule has 0 N–H and O–H groups in total. The minimum Gasteiger partial charge on any atom is -0.493 e. The minimum absolute atomic E-state index is 0.208. The van der Waals surface area contributed by atoms with E-state index >= 15 is 0 Å². The Labute approximate surface area is 117 Å². The zero-order valence-corrected chi connectivity index (χ0v) is 12.5. The summed E-state index contributed by atoms with van der Waals surface area (Å²) in [5.74, 6) is 0.542. The minimum atomic E-state index is -0.208. The summed E-state index contributed by atoms with van der Waals surface area (Å²) in [6.45, 7) is 5.14. The third kappa shape index (κ3) is 5.08. The molecule has 0 radical (unpaired) electrons. The number of carbonyl (C=O) groups is 1. The van der Waals surface area contributed by atoms with Gasteiger partial charge >= 0.3 is 5.97 Å². The highest BCUT2D eigenvalue weighted by Gasteiger charge is 2.10. The van der Waals surface area contributed by atoms with Crippen molar-refractivity contribution in [3.63, 3.8) is 0 Å². The molecular weight excluding hydrogens is 296 g/mol. The van der Waals surface area contributed by atoms with E-state index in [0.717, 1.165) is 28.6 Å². The van der Waals surface area contributed by atoms with Crippen molar-refractivity contribution in [2.75, 3.05) is 13.2 Å². The first kappa shape index (κ1) is 15.0. The van der Waals surface area contributed by atoms with Crippen LogP contribution in [0.3, 0.4) is 0 Å². The average molecular weight is 315 g/mol. The number of esters is 1. The molecule has 1 aromatic rings. The first-order valence-electron chi connectivity index (χ1n) is 6.24. The predicted octanol–water partition coefficient (Wildman–Crippen LogP) is 3.73. The summed E-state index contributed by atoms with van der Waals surface area (Å²) in [5.41, 5.74) is 0.868. The molecule has 0 aromatic heterocycles. The molecule has 18 heavy (non-hydrogen) atoms. The summed E-state index contributed by atoms with van der Waals surface area (Å²) in [7, 11) is 0. The van der Waals surface area contributed by atoms with Gasteiger partial charge in [-0.2, -0.15) is 0 Å². The van der Waals surface area contributed by atoms with E-state index in [1.807, 2.05) is 32.0 Å². The van der Waals surface area contributed by atoms with Crippen LogP contribution in [-0.2, 0) is 16.0 Å². The van der Waals surface area contributed by atoms with Crippen LogP contribution in [0.25, 0.3) is 0 Å². The van der Waals surface area contributed by atoms with Crippen LogP contribution >= 0.6 is 15.9 Å². The molecule has 0 saturated heterocycles. The van der Waals surface area contributed by atoms with E-state index in [0.29, 0.717) is 13.2 Å². The van der Waals surface area contributed by atoms with Crippen LogP contribution in [0.5, 0.6) is 5.75 Å². The SMILES string of the molecule is CCCOC(=O)Cc1ccc(Br)cc1OCCC. The summed E-state index contributed by atoms with van der Waals surface area (Å²) in [4.78, 5) is 11.6. The predicted molar refractivity (Wildman–Crippen MR) is 74.9 cm³/mol. The molecule has 3 nitrogen and oxygen atoms in total. The number of carbonyl (C=O) groups excluding carboxylic acids is 1. The number of benzene rings is 1. The summed E-state index contributed by atoms with van der Waals surface area (Å²) < 4.78 is 11.7. The molecule has 1 aromatic carbocycles. The Morgan fingerprint density at radius 2 is 1.94 bits per heavy atom. The lowest BCUT2D eigenvalue weighted by Crippen LogP contribution is -2.10. The van der Waals surface area contributed by atoms with Crippen molar-refractivity contribution in [3.8, 4) is 5.75 Å². The highest BCUT2D eigenvalue weighted by molar-refractivity contribution is 9.10. The fourth-order valence-corrected chi connectivity index (χ4v) is 1.78. The highest BCUT2D eigenvalue weighted by atomic mass is 79.9. The first-order chi connectivity index (χ1) is 8.67. The van der Waals surface area contributed by atoms with Crippen molar-refractivity contribution >= 4 is 21.9 Å². The number of rotatable bonds is 7. The monoisotopic (exact) mass is 314 g/mol. The van der Waals surface area contributed by atoms with Gasteiger partial charge in [0.2, 0.25) is 0 Å². The van der Waals surface area contributed by atoms with Gasteiger partial charge in [-0.15, -0.1) is 0 Å². The molecule has 0 aliphatic heterocycles. The molecule has 0 aliphatic rings. The van der Waals surface area contributed by atoms with E-state index in [9.17, 15) is 4.79 Å². The van der Waals surface area contributed by atoms with Crippen LogP contribution in [0.2, 0.25) is 0 Å². The maximum absolute atomic E-state index is 11.6. The Bertz CT molecular complexity index is 391. The maximum atomic E-state index is 11.6. The Hall–Kier alpha value is -1.03. The van der Waals surface area contributed by atoms with Crippen molar-refractivity contribution in [3.05, 3.63) is 28.2 Å². The first-order valence-corrected chi connectivity index (χ1v) is 7.03. The summed E-state index contributed by atoms with van der Waals surface area (Å²) >= 11 is 3.40. The lowest BCUT2D eigenvalue weighted by atomic mass is 10.1. The van der Waals surface area contributed by atoms with E-state index in [1.165, 1.54) is 0 Å². The summed E-state index contributed by atoms with van der Waals surface area (Å²) in [6.07, 6.45) is 2.03. The molecule has 0 unspecified atom stereocenters. The Balaban J connectivity index is 2.70. The Kier molecular flexibility index (Phi) is 6.80. The Morgan fingerprint density at radius 3 is 2.61 bits per heavy atom. The van der Waals surface area contributed by atoms with Gasteiger partial charge in [-0.3, -0.25) is 4.79 Å². The molecule has 0 spiro atoms. The second-order valence-corrected chi connectivity index (χ2v) is 4.91. The van der Waals surface area contributed by atoms with Crippen LogP contribution in [0.4, 0.5) is 0 Å². The number of hydrogen-bond donors (Lipinski definition) is 0. The standard InChI is InChI=1S/C14H19BrO3/c1-3-7-17-13-10-12(15)6-5-11(13)9-14(16)18-8-4-2/h5-6,10H,3-4,7-9H2,1-2H3. The van der Waals surface area contributed by atoms with Crippen molar-refractivity contribution in [1.29, 1.82) is 0 Å². The van der Waals surface area contributed by atoms with E-state index in [4.69, 9.17) is 9.47 Å². The second kappa shape index (κ2) is 8.14. The van der Waals surface area contributed by atoms with Crippen molar-refractivity contribution in [2.24, 2.45) is 0 Å². The van der Waals surface area contributed by atoms with E-state index < -0.39 is 0 Å². The van der Waals surface area contributed by atoms with Gasteiger partial charge in [0, 0.05) is 10.0 Å². The molecule has 0 atom stereocenters. The van der Waals surface area contributed by atoms with Gasteiger partial charge in [0.05, 0.1) is 19.6 Å². The van der Waals surface area contributed by atoms with E-state index in [1.54, 1.807) is 0 Å². The van der Waals surface area contributed by atoms with Crippen molar-refractivity contribution in [1.82, 2.24) is 0 Å². The van der Waals surface area contributed by atoms with Gasteiger partial charge < -0.3 is 9.47 Å². The van der Waals surface area contributed by atoms with Gasteiger partial charge in [0.25, 0.3) is 0 Å². The molecule has 100 valence electrons. The maximum Gasteiger partial charge on any atom is 0.310 e. The van der Waals surface area contributed by atoms with E-state index in [2.05, 4.69) is 15.9 Å². The van der Waals surface area contributed by atoms with E-state index in [-0.39, 0.29) is 12.4 Å². The Morgan fingerprint density at radius 1 is 1.22 bits per heavy atom. The van der Waals surface area contributed by atoms with Gasteiger partial charge in [-0.1, -0.05) is 35.8 Å². The van der Waals surface area contributed by atoms with Crippen LogP contribution < -0.4 is 4.74 Å². The molecule has 0 fully saturated rings. The third-order valence-electron chi connectivity index (χ3n) is 2.29. The molecule has 0 bridgehead atoms. The van der Waals surface area contributed by atoms with Crippen LogP contribution in [0.15, 0.2) is 22.7 Å². The molecule has 0 heterocycles. The van der Waals surface area contributed by atoms with Gasteiger partial charge in [0.1, 0.15) is 5.75 Å². The van der Waals surface area contributed by atoms with Crippen LogP contribution in [0.1, 0.15) is 32.3 Å². The third-order valence-corrected chi connectivity index (χ3v) is 2.79. The molecular formula is C14H19BrO3. The smallest absolute Gasteiger partial charge is 0.310 e. The molecule has 4 heteroatoms. The zero-order chi connectivity index (χ0) is 13.4. The van der Waals surface area contributed by atoms with Gasteiger partial charge in [-0.25, -0.2) is 0 Å². The normalized spacial score (nSPS) is 10.2.